The first-order chi connectivity index (χ1) is 11.3. The fraction of sp³-hybridized carbons (Fsp3) is 0.500. The lowest BCUT2D eigenvalue weighted by Gasteiger charge is -2.34. The first-order valence-corrected chi connectivity index (χ1v) is 7.77. The summed E-state index contributed by atoms with van der Waals surface area (Å²) in [4.78, 5) is 27.9. The summed E-state index contributed by atoms with van der Waals surface area (Å²) in [5.74, 6) is -0.754. The third-order valence-electron chi connectivity index (χ3n) is 4.05. The molecule has 8 heteroatoms. The lowest BCUT2D eigenvalue weighted by molar-refractivity contribution is -0.137. The molecule has 1 N–H and O–H groups in total. The molecule has 0 unspecified atom stereocenters. The number of amides is 2. The smallest absolute Gasteiger partial charge is 0.343 e. The highest BCUT2D eigenvalue weighted by molar-refractivity contribution is 5.96. The Morgan fingerprint density at radius 2 is 1.67 bits per heavy atom. The van der Waals surface area contributed by atoms with Crippen LogP contribution in [0, 0.1) is 0 Å². The molecule has 1 aliphatic heterocycles. The summed E-state index contributed by atoms with van der Waals surface area (Å²) >= 11 is 0. The number of hydrogen-bond donors (Lipinski definition) is 1. The second kappa shape index (κ2) is 7.65. The van der Waals surface area contributed by atoms with Gasteiger partial charge < -0.3 is 15.1 Å². The Balaban J connectivity index is 1.83. The van der Waals surface area contributed by atoms with Gasteiger partial charge in [-0.05, 0) is 30.8 Å². The Morgan fingerprint density at radius 1 is 1.08 bits per heavy atom. The van der Waals surface area contributed by atoms with Gasteiger partial charge in [-0.15, -0.1) is 0 Å². The minimum atomic E-state index is -4.44. The van der Waals surface area contributed by atoms with E-state index in [0.717, 1.165) is 43.9 Å². The van der Waals surface area contributed by atoms with Crippen molar-refractivity contribution in [3.63, 3.8) is 0 Å². The van der Waals surface area contributed by atoms with E-state index in [-0.39, 0.29) is 18.0 Å². The van der Waals surface area contributed by atoms with Crippen LogP contribution in [-0.4, -0.2) is 60.9 Å². The van der Waals surface area contributed by atoms with Crippen LogP contribution in [0.15, 0.2) is 24.3 Å². The van der Waals surface area contributed by atoms with Gasteiger partial charge in [0, 0.05) is 31.7 Å². The molecule has 0 atom stereocenters. The molecule has 1 aliphatic rings. The Morgan fingerprint density at radius 3 is 2.17 bits per heavy atom. The summed E-state index contributed by atoms with van der Waals surface area (Å²) in [5, 5.41) is 2.45. The average molecular weight is 343 g/mol. The Labute approximate surface area is 138 Å². The van der Waals surface area contributed by atoms with Gasteiger partial charge >= 0.3 is 6.18 Å². The summed E-state index contributed by atoms with van der Waals surface area (Å²) < 4.78 is 37.4. The molecule has 5 nitrogen and oxygen atoms in total. The van der Waals surface area contributed by atoms with Crippen LogP contribution >= 0.6 is 0 Å². The van der Waals surface area contributed by atoms with Gasteiger partial charge in [0.25, 0.3) is 5.91 Å². The monoisotopic (exact) mass is 343 g/mol. The zero-order valence-corrected chi connectivity index (χ0v) is 13.4. The Bertz CT molecular complexity index is 579. The van der Waals surface area contributed by atoms with Gasteiger partial charge in [-0.1, -0.05) is 6.92 Å². The summed E-state index contributed by atoms with van der Waals surface area (Å²) in [7, 11) is 0. The molecular weight excluding hydrogens is 323 g/mol. The zero-order valence-electron chi connectivity index (χ0n) is 13.4. The average Bonchev–Trinajstić information content (AvgIpc) is 2.58. The molecule has 1 saturated heterocycles. The van der Waals surface area contributed by atoms with Crippen LogP contribution in [0.25, 0.3) is 0 Å². The Kier molecular flexibility index (Phi) is 5.82. The molecule has 24 heavy (non-hydrogen) atoms. The second-order valence-electron chi connectivity index (χ2n) is 5.57. The van der Waals surface area contributed by atoms with Gasteiger partial charge in [0.05, 0.1) is 12.1 Å². The fourth-order valence-electron chi connectivity index (χ4n) is 2.49. The van der Waals surface area contributed by atoms with Crippen LogP contribution in [-0.2, 0) is 11.0 Å². The number of benzene rings is 1. The van der Waals surface area contributed by atoms with Gasteiger partial charge in [0.1, 0.15) is 0 Å². The predicted molar refractivity (Wildman–Crippen MR) is 82.5 cm³/mol. The summed E-state index contributed by atoms with van der Waals surface area (Å²) in [6.45, 7) is 5.66. The number of carbonyl (C=O) groups excluding carboxylic acids is 2. The van der Waals surface area contributed by atoms with Crippen molar-refractivity contribution in [2.75, 3.05) is 39.3 Å². The van der Waals surface area contributed by atoms with E-state index in [2.05, 4.69) is 17.1 Å². The van der Waals surface area contributed by atoms with E-state index >= 15 is 0 Å². The maximum absolute atomic E-state index is 12.5. The minimum absolute atomic E-state index is 0.0894. The topological polar surface area (TPSA) is 52.6 Å². The van der Waals surface area contributed by atoms with E-state index < -0.39 is 17.6 Å². The van der Waals surface area contributed by atoms with Crippen LogP contribution in [0.2, 0.25) is 0 Å². The lowest BCUT2D eigenvalue weighted by atomic mass is 10.1. The largest absolute Gasteiger partial charge is 0.416 e. The number of carbonyl (C=O) groups is 2. The third-order valence-corrected chi connectivity index (χ3v) is 4.05. The zero-order chi connectivity index (χ0) is 17.7. The highest BCUT2D eigenvalue weighted by Crippen LogP contribution is 2.29. The molecule has 1 heterocycles. The molecule has 1 aromatic carbocycles. The van der Waals surface area contributed by atoms with Crippen LogP contribution in [0.4, 0.5) is 13.2 Å². The van der Waals surface area contributed by atoms with Crippen LogP contribution in [0.1, 0.15) is 22.8 Å². The van der Waals surface area contributed by atoms with Crippen LogP contribution in [0.5, 0.6) is 0 Å². The van der Waals surface area contributed by atoms with Gasteiger partial charge in [-0.25, -0.2) is 0 Å². The van der Waals surface area contributed by atoms with E-state index in [1.54, 1.807) is 4.90 Å². The second-order valence-corrected chi connectivity index (χ2v) is 5.57. The lowest BCUT2D eigenvalue weighted by Crippen LogP contribution is -2.51. The molecular formula is C16H20F3N3O2. The molecule has 0 bridgehead atoms. The third kappa shape index (κ3) is 4.70. The molecule has 0 saturated carbocycles. The standard InChI is InChI=1S/C16H20F3N3O2/c1-2-21-7-9-22(10-8-21)14(23)11-20-15(24)12-3-5-13(6-4-12)16(17,18)19/h3-6H,2,7-11H2,1H3,(H,20,24). The molecule has 0 aliphatic carbocycles. The molecule has 1 aromatic rings. The van der Waals surface area contributed by atoms with Crippen molar-refractivity contribution in [3.8, 4) is 0 Å². The van der Waals surface area contributed by atoms with Crippen molar-refractivity contribution >= 4 is 11.8 Å². The fourth-order valence-corrected chi connectivity index (χ4v) is 2.49. The van der Waals surface area contributed by atoms with Gasteiger partial charge in [-0.3, -0.25) is 9.59 Å². The maximum atomic E-state index is 12.5. The minimum Gasteiger partial charge on any atom is -0.343 e. The Hall–Kier alpha value is -2.09. The molecule has 0 spiro atoms. The van der Waals surface area contributed by atoms with Crippen molar-refractivity contribution in [2.24, 2.45) is 0 Å². The van der Waals surface area contributed by atoms with E-state index in [1.807, 2.05) is 0 Å². The van der Waals surface area contributed by atoms with Gasteiger partial charge in [-0.2, -0.15) is 13.2 Å². The normalized spacial score (nSPS) is 16.1. The van der Waals surface area contributed by atoms with E-state index in [9.17, 15) is 22.8 Å². The van der Waals surface area contributed by atoms with E-state index in [0.29, 0.717) is 13.1 Å². The summed E-state index contributed by atoms with van der Waals surface area (Å²) in [6, 6.07) is 3.90. The highest BCUT2D eigenvalue weighted by Gasteiger charge is 2.30. The molecule has 132 valence electrons. The number of alkyl halides is 3. The molecule has 1 fully saturated rings. The van der Waals surface area contributed by atoms with Crippen molar-refractivity contribution in [2.45, 2.75) is 13.1 Å². The maximum Gasteiger partial charge on any atom is 0.416 e. The molecule has 2 rings (SSSR count). The van der Waals surface area contributed by atoms with Crippen molar-refractivity contribution < 1.29 is 22.8 Å². The van der Waals surface area contributed by atoms with Crippen LogP contribution < -0.4 is 5.32 Å². The SMILES string of the molecule is CCN1CCN(C(=O)CNC(=O)c2ccc(C(F)(F)F)cc2)CC1. The highest BCUT2D eigenvalue weighted by atomic mass is 19.4. The number of halogens is 3. The summed E-state index contributed by atoms with van der Waals surface area (Å²) in [6.07, 6.45) is -4.44. The number of piperazine rings is 1. The quantitative estimate of drug-likeness (QED) is 0.904. The molecule has 0 radical (unpaired) electrons. The van der Waals surface area contributed by atoms with Crippen molar-refractivity contribution in [1.29, 1.82) is 0 Å². The predicted octanol–water partition coefficient (Wildman–Crippen LogP) is 1.60. The van der Waals surface area contributed by atoms with E-state index in [4.69, 9.17) is 0 Å². The van der Waals surface area contributed by atoms with Crippen LogP contribution in [0.3, 0.4) is 0 Å². The number of rotatable bonds is 4. The van der Waals surface area contributed by atoms with Gasteiger partial charge in [0.15, 0.2) is 0 Å². The van der Waals surface area contributed by atoms with Crippen molar-refractivity contribution in [1.82, 2.24) is 15.1 Å². The number of nitrogens with one attached hydrogen (secondary N) is 1. The number of hydrogen-bond acceptors (Lipinski definition) is 3. The first kappa shape index (κ1) is 18.3. The number of likely N-dealkylation sites (N-methyl/N-ethyl adjacent to an activating group) is 1. The van der Waals surface area contributed by atoms with Gasteiger partial charge in [0.2, 0.25) is 5.91 Å². The summed E-state index contributed by atoms with van der Waals surface area (Å²) in [5.41, 5.74) is -0.726. The van der Waals surface area contributed by atoms with E-state index in [1.165, 1.54) is 0 Å². The molecule has 2 amide bonds. The number of nitrogens with zero attached hydrogens (tertiary/aromatic N) is 2. The first-order valence-electron chi connectivity index (χ1n) is 7.77. The molecule has 0 aromatic heterocycles. The van der Waals surface area contributed by atoms with Crippen molar-refractivity contribution in [3.05, 3.63) is 35.4 Å².